The fourth-order valence-corrected chi connectivity index (χ4v) is 4.22. The number of methoxy groups -OCH3 is 2. The highest BCUT2D eigenvalue weighted by molar-refractivity contribution is 6.21. The van der Waals surface area contributed by atoms with Crippen molar-refractivity contribution >= 4 is 17.4 Å². The van der Waals surface area contributed by atoms with Crippen molar-refractivity contribution in [3.63, 3.8) is 0 Å². The maximum atomic E-state index is 13.5. The molecule has 1 amide bonds. The van der Waals surface area contributed by atoms with Crippen molar-refractivity contribution in [2.24, 2.45) is 0 Å². The second-order valence-corrected chi connectivity index (χ2v) is 8.01. The van der Waals surface area contributed by atoms with Crippen LogP contribution in [0.25, 0.3) is 5.70 Å². The van der Waals surface area contributed by atoms with Crippen LogP contribution in [0.5, 0.6) is 11.5 Å². The van der Waals surface area contributed by atoms with Crippen LogP contribution in [-0.2, 0) is 9.53 Å². The number of hydrogen-bond donors (Lipinski definition) is 1. The van der Waals surface area contributed by atoms with Gasteiger partial charge in [0.1, 0.15) is 17.3 Å². The molecule has 1 fully saturated rings. The summed E-state index contributed by atoms with van der Waals surface area (Å²) in [6.45, 7) is 3.50. The Labute approximate surface area is 197 Å². The van der Waals surface area contributed by atoms with Crippen molar-refractivity contribution in [3.05, 3.63) is 65.0 Å². The maximum absolute atomic E-state index is 13.5. The minimum Gasteiger partial charge on any atom is -0.497 e. The second-order valence-electron chi connectivity index (χ2n) is 8.01. The first kappa shape index (κ1) is 23.9. The molecule has 180 valence electrons. The number of amides is 1. The molecule has 2 aliphatic rings. The van der Waals surface area contributed by atoms with Gasteiger partial charge in [-0.25, -0.2) is 4.39 Å². The van der Waals surface area contributed by atoms with Gasteiger partial charge in [0.15, 0.2) is 11.9 Å². The van der Waals surface area contributed by atoms with E-state index in [2.05, 4.69) is 4.90 Å². The average Bonchev–Trinajstić information content (AvgIpc) is 3.12. The summed E-state index contributed by atoms with van der Waals surface area (Å²) >= 11 is 0. The summed E-state index contributed by atoms with van der Waals surface area (Å²) in [5, 5.41) is 10.9. The molecule has 0 saturated carbocycles. The number of hydrogen-bond acceptors (Lipinski definition) is 7. The van der Waals surface area contributed by atoms with Gasteiger partial charge in [-0.1, -0.05) is 0 Å². The molecule has 0 spiro atoms. The van der Waals surface area contributed by atoms with E-state index in [-0.39, 0.29) is 23.4 Å². The number of aliphatic hydroxyl groups is 1. The van der Waals surface area contributed by atoms with Crippen LogP contribution in [0.2, 0.25) is 0 Å². The molecule has 1 unspecified atom stereocenters. The topological polar surface area (TPSA) is 88.5 Å². The predicted octanol–water partition coefficient (Wildman–Crippen LogP) is 1.97. The van der Waals surface area contributed by atoms with Crippen LogP contribution in [0, 0.1) is 5.82 Å². The molecule has 2 aliphatic heterocycles. The monoisotopic (exact) mass is 470 g/mol. The van der Waals surface area contributed by atoms with Gasteiger partial charge in [-0.3, -0.25) is 14.5 Å². The van der Waals surface area contributed by atoms with Crippen LogP contribution >= 0.6 is 0 Å². The molecule has 4 rings (SSSR count). The summed E-state index contributed by atoms with van der Waals surface area (Å²) in [6.07, 6.45) is -1.65. The van der Waals surface area contributed by atoms with Crippen LogP contribution in [0.15, 0.2) is 48.0 Å². The highest BCUT2D eigenvalue weighted by Gasteiger charge is 2.43. The standard InChI is InChI=1S/C25H27FN2O6/c1-32-18-7-8-19(20(15-18)33-2)22-21(23(29)16-3-5-17(26)6-4-16)24(30)25(31)28(22)10-9-27-11-13-34-14-12-27/h3-8,15,24,30H,9-14H2,1-2H3. The molecule has 8 nitrogen and oxygen atoms in total. The van der Waals surface area contributed by atoms with Crippen LogP contribution in [0.4, 0.5) is 4.39 Å². The van der Waals surface area contributed by atoms with Crippen LogP contribution in [0.1, 0.15) is 15.9 Å². The zero-order chi connectivity index (χ0) is 24.2. The van der Waals surface area contributed by atoms with Gasteiger partial charge in [-0.15, -0.1) is 0 Å². The third kappa shape index (κ3) is 4.68. The number of halogens is 1. The Morgan fingerprint density at radius 2 is 1.79 bits per heavy atom. The number of ether oxygens (including phenoxy) is 3. The Kier molecular flexibility index (Phi) is 7.26. The van der Waals surface area contributed by atoms with Crippen molar-refractivity contribution in [2.75, 3.05) is 53.6 Å². The average molecular weight is 470 g/mol. The first-order valence-electron chi connectivity index (χ1n) is 11.0. The van der Waals surface area contributed by atoms with Gasteiger partial charge in [0.05, 0.1) is 38.7 Å². The third-order valence-electron chi connectivity index (χ3n) is 6.06. The zero-order valence-electron chi connectivity index (χ0n) is 19.1. The summed E-state index contributed by atoms with van der Waals surface area (Å²) in [6, 6.07) is 10.0. The minimum atomic E-state index is -1.65. The van der Waals surface area contributed by atoms with Gasteiger partial charge < -0.3 is 24.2 Å². The predicted molar refractivity (Wildman–Crippen MR) is 122 cm³/mol. The number of Topliss-reactive ketones (excluding diaryl/α,β-unsaturated/α-hetero) is 1. The van der Waals surface area contributed by atoms with Crippen molar-refractivity contribution in [2.45, 2.75) is 6.10 Å². The van der Waals surface area contributed by atoms with Gasteiger partial charge in [0, 0.05) is 43.4 Å². The second kappa shape index (κ2) is 10.3. The molecule has 1 N–H and O–H groups in total. The van der Waals surface area contributed by atoms with Gasteiger partial charge in [-0.05, 0) is 36.4 Å². The van der Waals surface area contributed by atoms with E-state index in [4.69, 9.17) is 14.2 Å². The van der Waals surface area contributed by atoms with E-state index in [1.54, 1.807) is 18.2 Å². The Morgan fingerprint density at radius 1 is 1.09 bits per heavy atom. The number of carbonyl (C=O) groups excluding carboxylic acids is 2. The van der Waals surface area contributed by atoms with Crippen molar-refractivity contribution in [3.8, 4) is 11.5 Å². The zero-order valence-corrected chi connectivity index (χ0v) is 19.1. The largest absolute Gasteiger partial charge is 0.497 e. The molecular weight excluding hydrogens is 443 g/mol. The lowest BCUT2D eigenvalue weighted by Crippen LogP contribution is -2.42. The Morgan fingerprint density at radius 3 is 2.44 bits per heavy atom. The molecule has 0 aromatic heterocycles. The van der Waals surface area contributed by atoms with E-state index >= 15 is 0 Å². The molecule has 2 aromatic carbocycles. The van der Waals surface area contributed by atoms with Crippen LogP contribution in [-0.4, -0.2) is 86.3 Å². The number of nitrogens with zero attached hydrogens (tertiary/aromatic N) is 2. The van der Waals surface area contributed by atoms with Gasteiger partial charge >= 0.3 is 0 Å². The van der Waals surface area contributed by atoms with Gasteiger partial charge in [0.2, 0.25) is 0 Å². The number of benzene rings is 2. The summed E-state index contributed by atoms with van der Waals surface area (Å²) in [5.41, 5.74) is 0.852. The Hall–Kier alpha value is -3.27. The maximum Gasteiger partial charge on any atom is 0.260 e. The van der Waals surface area contributed by atoms with Crippen molar-refractivity contribution < 1.29 is 33.3 Å². The quantitative estimate of drug-likeness (QED) is 0.590. The van der Waals surface area contributed by atoms with Crippen molar-refractivity contribution in [1.29, 1.82) is 0 Å². The van der Waals surface area contributed by atoms with E-state index < -0.39 is 23.6 Å². The first-order valence-corrected chi connectivity index (χ1v) is 11.0. The van der Waals surface area contributed by atoms with Gasteiger partial charge in [-0.2, -0.15) is 0 Å². The van der Waals surface area contributed by atoms with E-state index in [1.807, 2.05) is 0 Å². The molecule has 0 radical (unpaired) electrons. The van der Waals surface area contributed by atoms with E-state index in [9.17, 15) is 19.1 Å². The molecule has 2 heterocycles. The molecule has 34 heavy (non-hydrogen) atoms. The lowest BCUT2D eigenvalue weighted by Gasteiger charge is -2.29. The smallest absolute Gasteiger partial charge is 0.260 e. The Balaban J connectivity index is 1.79. The third-order valence-corrected chi connectivity index (χ3v) is 6.06. The van der Waals surface area contributed by atoms with E-state index in [0.29, 0.717) is 36.8 Å². The minimum absolute atomic E-state index is 0.0675. The molecule has 9 heteroatoms. The highest BCUT2D eigenvalue weighted by Crippen LogP contribution is 2.40. The Bertz CT molecular complexity index is 1100. The summed E-state index contributed by atoms with van der Waals surface area (Å²) in [4.78, 5) is 30.2. The molecular formula is C25H27FN2O6. The summed E-state index contributed by atoms with van der Waals surface area (Å²) in [5.74, 6) is -0.707. The molecule has 1 saturated heterocycles. The fraction of sp³-hybridized carbons (Fsp3) is 0.360. The highest BCUT2D eigenvalue weighted by atomic mass is 19.1. The lowest BCUT2D eigenvalue weighted by atomic mass is 9.96. The van der Waals surface area contributed by atoms with E-state index in [0.717, 1.165) is 13.1 Å². The summed E-state index contributed by atoms with van der Waals surface area (Å²) < 4.78 is 29.6. The number of rotatable bonds is 8. The number of aliphatic hydroxyl groups excluding tert-OH is 1. The van der Waals surface area contributed by atoms with Crippen LogP contribution in [0.3, 0.4) is 0 Å². The number of ketones is 1. The molecule has 2 aromatic rings. The lowest BCUT2D eigenvalue weighted by molar-refractivity contribution is -0.133. The molecule has 0 bridgehead atoms. The fourth-order valence-electron chi connectivity index (χ4n) is 4.22. The first-order chi connectivity index (χ1) is 16.4. The molecule has 1 atom stereocenters. The number of morpholine rings is 1. The molecule has 0 aliphatic carbocycles. The number of carbonyl (C=O) groups is 2. The van der Waals surface area contributed by atoms with Crippen molar-refractivity contribution in [1.82, 2.24) is 9.80 Å². The van der Waals surface area contributed by atoms with Gasteiger partial charge in [0.25, 0.3) is 5.91 Å². The summed E-state index contributed by atoms with van der Waals surface area (Å²) in [7, 11) is 3.00. The normalized spacial score (nSPS) is 19.0. The van der Waals surface area contributed by atoms with Crippen LogP contribution < -0.4 is 9.47 Å². The SMILES string of the molecule is COc1ccc(C2=C(C(=O)c3ccc(F)cc3)C(O)C(=O)N2CCN2CCOCC2)c(OC)c1. The van der Waals surface area contributed by atoms with E-state index in [1.165, 1.54) is 43.4 Å².